The van der Waals surface area contributed by atoms with Crippen LogP contribution in [0.3, 0.4) is 0 Å². The van der Waals surface area contributed by atoms with Crippen LogP contribution in [0, 0.1) is 0 Å². The maximum absolute atomic E-state index is 11.5. The molecule has 0 radical (unpaired) electrons. The van der Waals surface area contributed by atoms with Gasteiger partial charge in [-0.25, -0.2) is 0 Å². The molecule has 0 aliphatic carbocycles. The van der Waals surface area contributed by atoms with E-state index < -0.39 is 0 Å². The summed E-state index contributed by atoms with van der Waals surface area (Å²) in [7, 11) is 0. The van der Waals surface area contributed by atoms with Crippen molar-refractivity contribution < 1.29 is 4.74 Å². The van der Waals surface area contributed by atoms with Gasteiger partial charge in [-0.15, -0.1) is 0 Å². The second-order valence-corrected chi connectivity index (χ2v) is 5.58. The second kappa shape index (κ2) is 8.95. The minimum absolute atomic E-state index is 0.0887. The Morgan fingerprint density at radius 2 is 1.81 bits per heavy atom. The Kier molecular flexibility index (Phi) is 7.61. The summed E-state index contributed by atoms with van der Waals surface area (Å²) in [6.07, 6.45) is 1.15. The lowest BCUT2D eigenvalue weighted by atomic mass is 9.96. The number of hydrogen-bond donors (Lipinski definition) is 1. The standard InChI is InChI=1S/C16H28N2O3/c1-5-8-18(6-2)9-11-21-10-7-17-14-13(12(3)4)15(19)16(14)20/h12,17H,5-11H2,1-4H3. The fraction of sp³-hybridized carbons (Fsp3) is 0.750. The van der Waals surface area contributed by atoms with Crippen molar-refractivity contribution in [2.24, 2.45) is 0 Å². The summed E-state index contributed by atoms with van der Waals surface area (Å²) in [6, 6.07) is 0. The van der Waals surface area contributed by atoms with Crippen LogP contribution in [0.1, 0.15) is 45.6 Å². The van der Waals surface area contributed by atoms with Gasteiger partial charge in [0.05, 0.1) is 18.9 Å². The van der Waals surface area contributed by atoms with Crippen molar-refractivity contribution in [2.75, 3.05) is 44.7 Å². The van der Waals surface area contributed by atoms with E-state index in [0.717, 1.165) is 26.1 Å². The summed E-state index contributed by atoms with van der Waals surface area (Å²) in [5, 5.41) is 3.03. The molecule has 0 bridgehead atoms. The highest BCUT2D eigenvalue weighted by Crippen LogP contribution is 2.18. The maximum atomic E-state index is 11.5. The van der Waals surface area contributed by atoms with E-state index in [4.69, 9.17) is 4.74 Å². The van der Waals surface area contributed by atoms with Gasteiger partial charge in [-0.3, -0.25) is 9.59 Å². The van der Waals surface area contributed by atoms with E-state index in [2.05, 4.69) is 24.1 Å². The van der Waals surface area contributed by atoms with E-state index in [1.54, 1.807) is 0 Å². The van der Waals surface area contributed by atoms with Crippen LogP contribution in [-0.4, -0.2) is 44.3 Å². The molecule has 1 rings (SSSR count). The molecule has 0 aliphatic rings. The minimum atomic E-state index is -0.390. The molecule has 1 aromatic carbocycles. The zero-order valence-corrected chi connectivity index (χ0v) is 13.7. The Morgan fingerprint density at radius 3 is 2.38 bits per heavy atom. The molecule has 21 heavy (non-hydrogen) atoms. The quantitative estimate of drug-likeness (QED) is 0.496. The minimum Gasteiger partial charge on any atom is -0.379 e. The van der Waals surface area contributed by atoms with Gasteiger partial charge in [-0.1, -0.05) is 27.7 Å². The molecule has 0 saturated heterocycles. The average molecular weight is 296 g/mol. The Hall–Kier alpha value is -1.20. The second-order valence-electron chi connectivity index (χ2n) is 5.58. The van der Waals surface area contributed by atoms with Crippen LogP contribution in [0.2, 0.25) is 0 Å². The molecule has 0 atom stereocenters. The number of hydrogen-bond acceptors (Lipinski definition) is 5. The van der Waals surface area contributed by atoms with Gasteiger partial charge in [0.15, 0.2) is 0 Å². The summed E-state index contributed by atoms with van der Waals surface area (Å²) in [6.45, 7) is 13.0. The SMILES string of the molecule is CCCN(CC)CCOCCNc1c(C(C)C)c(=O)c1=O. The van der Waals surface area contributed by atoms with Gasteiger partial charge in [-0.05, 0) is 25.4 Å². The molecular formula is C16H28N2O3. The Labute approximate surface area is 127 Å². The lowest BCUT2D eigenvalue weighted by molar-refractivity contribution is 0.113. The third-order valence-electron chi connectivity index (χ3n) is 3.61. The van der Waals surface area contributed by atoms with Crippen molar-refractivity contribution in [3.8, 4) is 0 Å². The number of nitrogens with zero attached hydrogens (tertiary/aromatic N) is 1. The van der Waals surface area contributed by atoms with Crippen LogP contribution in [0.25, 0.3) is 0 Å². The van der Waals surface area contributed by atoms with E-state index in [-0.39, 0.29) is 16.8 Å². The molecule has 0 spiro atoms. The van der Waals surface area contributed by atoms with Crippen molar-refractivity contribution in [1.29, 1.82) is 0 Å². The van der Waals surface area contributed by atoms with Gasteiger partial charge in [0.25, 0.3) is 0 Å². The normalized spacial score (nSPS) is 11.7. The fourth-order valence-corrected chi connectivity index (χ4v) is 2.42. The molecule has 5 heteroatoms. The van der Waals surface area contributed by atoms with Crippen molar-refractivity contribution in [3.63, 3.8) is 0 Å². The van der Waals surface area contributed by atoms with Crippen LogP contribution in [0.4, 0.5) is 5.69 Å². The molecule has 1 aromatic rings. The fourth-order valence-electron chi connectivity index (χ4n) is 2.42. The van der Waals surface area contributed by atoms with Gasteiger partial charge in [0.2, 0.25) is 10.9 Å². The first kappa shape index (κ1) is 17.9. The topological polar surface area (TPSA) is 58.6 Å². The highest BCUT2D eigenvalue weighted by molar-refractivity contribution is 5.57. The molecule has 0 aromatic heterocycles. The molecule has 1 N–H and O–H groups in total. The highest BCUT2D eigenvalue weighted by Gasteiger charge is 2.22. The van der Waals surface area contributed by atoms with Crippen LogP contribution >= 0.6 is 0 Å². The van der Waals surface area contributed by atoms with E-state index in [0.29, 0.717) is 31.0 Å². The maximum Gasteiger partial charge on any atom is 0.249 e. The summed E-state index contributed by atoms with van der Waals surface area (Å²) in [5.41, 5.74) is 0.380. The predicted molar refractivity (Wildman–Crippen MR) is 87.2 cm³/mol. The Morgan fingerprint density at radius 1 is 1.10 bits per heavy atom. The first-order valence-electron chi connectivity index (χ1n) is 7.90. The van der Waals surface area contributed by atoms with E-state index >= 15 is 0 Å². The summed E-state index contributed by atoms with van der Waals surface area (Å²) in [5.74, 6) is 0.0887. The predicted octanol–water partition coefficient (Wildman–Crippen LogP) is 1.57. The molecule has 120 valence electrons. The first-order valence-corrected chi connectivity index (χ1v) is 7.90. The molecule has 0 saturated carbocycles. The van der Waals surface area contributed by atoms with Gasteiger partial charge in [0.1, 0.15) is 0 Å². The number of rotatable bonds is 11. The largest absolute Gasteiger partial charge is 0.379 e. The Bertz CT molecular complexity index is 490. The van der Waals surface area contributed by atoms with Gasteiger partial charge in [-0.2, -0.15) is 0 Å². The third kappa shape index (κ3) is 4.93. The van der Waals surface area contributed by atoms with Crippen LogP contribution in [-0.2, 0) is 4.74 Å². The van der Waals surface area contributed by atoms with E-state index in [9.17, 15) is 9.59 Å². The van der Waals surface area contributed by atoms with Gasteiger partial charge >= 0.3 is 0 Å². The molecule has 0 unspecified atom stereocenters. The van der Waals surface area contributed by atoms with Crippen LogP contribution in [0.15, 0.2) is 9.59 Å². The van der Waals surface area contributed by atoms with Crippen LogP contribution in [0.5, 0.6) is 0 Å². The van der Waals surface area contributed by atoms with E-state index in [1.165, 1.54) is 0 Å². The molecule has 0 amide bonds. The Balaban J connectivity index is 2.22. The van der Waals surface area contributed by atoms with Crippen molar-refractivity contribution in [1.82, 2.24) is 4.90 Å². The molecule has 5 nitrogen and oxygen atoms in total. The molecular weight excluding hydrogens is 268 g/mol. The number of likely N-dealkylation sites (N-methyl/N-ethyl adjacent to an activating group) is 1. The third-order valence-corrected chi connectivity index (χ3v) is 3.61. The van der Waals surface area contributed by atoms with E-state index in [1.807, 2.05) is 13.8 Å². The lowest BCUT2D eigenvalue weighted by Crippen LogP contribution is -2.39. The summed E-state index contributed by atoms with van der Waals surface area (Å²) < 4.78 is 5.57. The van der Waals surface area contributed by atoms with Crippen molar-refractivity contribution >= 4 is 5.69 Å². The molecule has 0 heterocycles. The van der Waals surface area contributed by atoms with Gasteiger partial charge in [0, 0.05) is 18.7 Å². The number of nitrogens with one attached hydrogen (secondary N) is 1. The van der Waals surface area contributed by atoms with Crippen LogP contribution < -0.4 is 16.2 Å². The summed E-state index contributed by atoms with van der Waals surface area (Å²) in [4.78, 5) is 25.3. The molecule has 0 aliphatic heterocycles. The van der Waals surface area contributed by atoms with Crippen molar-refractivity contribution in [2.45, 2.75) is 40.0 Å². The number of anilines is 1. The van der Waals surface area contributed by atoms with Gasteiger partial charge < -0.3 is 15.0 Å². The highest BCUT2D eigenvalue weighted by atomic mass is 16.5. The monoisotopic (exact) mass is 296 g/mol. The zero-order chi connectivity index (χ0) is 15.8. The molecule has 0 fully saturated rings. The lowest BCUT2D eigenvalue weighted by Gasteiger charge is -2.19. The number of ether oxygens (including phenoxy) is 1. The smallest absolute Gasteiger partial charge is 0.249 e. The first-order chi connectivity index (χ1) is 10.0. The zero-order valence-electron chi connectivity index (χ0n) is 13.7. The average Bonchev–Trinajstić information content (AvgIpc) is 2.46. The van der Waals surface area contributed by atoms with Crippen molar-refractivity contribution in [3.05, 3.63) is 26.0 Å². The summed E-state index contributed by atoms with van der Waals surface area (Å²) >= 11 is 0.